The van der Waals surface area contributed by atoms with Crippen molar-refractivity contribution in [1.29, 1.82) is 0 Å². The predicted octanol–water partition coefficient (Wildman–Crippen LogP) is 15.0. The van der Waals surface area contributed by atoms with E-state index in [1.165, 1.54) is 64.1 Å². The number of fused-ring (bicyclic) bond motifs is 6. The summed E-state index contributed by atoms with van der Waals surface area (Å²) in [6.07, 6.45) is 2.02. The maximum absolute atomic E-state index is 5.45. The molecule has 7 aromatic carbocycles. The largest absolute Gasteiger partial charge is 0.332 e. The molecule has 0 N–H and O–H groups in total. The van der Waals surface area contributed by atoms with Crippen LogP contribution in [-0.4, -0.2) is 22.6 Å². The summed E-state index contributed by atoms with van der Waals surface area (Å²) in [6.45, 7) is 16.2. The minimum Gasteiger partial charge on any atom is -0.332 e. The third-order valence-electron chi connectivity index (χ3n) is 11.5. The molecule has 0 aliphatic heterocycles. The first kappa shape index (κ1) is 42.2. The molecule has 3 heterocycles. The van der Waals surface area contributed by atoms with Crippen molar-refractivity contribution in [2.75, 3.05) is 0 Å². The number of aromatic nitrogens is 3. The first-order chi connectivity index (χ1) is 29.1. The summed E-state index contributed by atoms with van der Waals surface area (Å²) in [6, 6.07) is 60.8. The Bertz CT molecular complexity index is 3090. The molecule has 6 heteroatoms. The van der Waals surface area contributed by atoms with Crippen LogP contribution in [0.1, 0.15) is 50.7 Å². The maximum Gasteiger partial charge on any atom is 0.0795 e. The number of benzene rings is 7. The number of hydrogen-bond acceptors (Lipinski definition) is 3. The smallest absolute Gasteiger partial charge is 0.0795 e. The van der Waals surface area contributed by atoms with E-state index in [9.17, 15) is 0 Å². The van der Waals surface area contributed by atoms with Crippen molar-refractivity contribution in [2.24, 2.45) is 0 Å². The molecule has 0 fully saturated rings. The monoisotopic (exact) mass is 1000 g/mol. The molecule has 0 amide bonds. The zero-order valence-electron chi connectivity index (χ0n) is 35.7. The van der Waals surface area contributed by atoms with Crippen LogP contribution in [0.4, 0.5) is 0 Å². The summed E-state index contributed by atoms with van der Waals surface area (Å²) in [5.41, 5.74) is 11.7. The Morgan fingerprint density at radius 2 is 1.31 bits per heavy atom. The van der Waals surface area contributed by atoms with Gasteiger partial charge in [-0.25, -0.2) is 0 Å². The molecule has 61 heavy (non-hydrogen) atoms. The van der Waals surface area contributed by atoms with Crippen LogP contribution in [0.3, 0.4) is 0 Å². The molecule has 0 saturated heterocycles. The van der Waals surface area contributed by atoms with Gasteiger partial charge in [-0.15, -0.1) is 54.1 Å². The normalized spacial score (nSPS) is 11.7. The topological polar surface area (TPSA) is 30.7 Å². The van der Waals surface area contributed by atoms with Crippen molar-refractivity contribution in [2.45, 2.75) is 59.2 Å². The van der Waals surface area contributed by atoms with Gasteiger partial charge in [0.2, 0.25) is 0 Å². The fourth-order valence-electron chi connectivity index (χ4n) is 8.25. The van der Waals surface area contributed by atoms with Gasteiger partial charge in [0.05, 0.1) is 24.9 Å². The quantitative estimate of drug-likeness (QED) is 0.118. The van der Waals surface area contributed by atoms with E-state index in [0.717, 1.165) is 33.7 Å². The van der Waals surface area contributed by atoms with Gasteiger partial charge in [0.25, 0.3) is 0 Å². The van der Waals surface area contributed by atoms with Crippen LogP contribution in [0.15, 0.2) is 158 Å². The van der Waals surface area contributed by atoms with Crippen LogP contribution in [0.5, 0.6) is 0 Å². The molecule has 0 bridgehead atoms. The molecule has 0 spiro atoms. The van der Waals surface area contributed by atoms with Gasteiger partial charge in [-0.3, -0.25) is 4.98 Å². The van der Waals surface area contributed by atoms with E-state index in [1.807, 2.05) is 41.8 Å². The van der Waals surface area contributed by atoms with Gasteiger partial charge >= 0.3 is 0 Å². The summed E-state index contributed by atoms with van der Waals surface area (Å²) >= 11 is 1.84. The SMILES string of the molecule is CC(C)c1cc(-c2ccccc2)cc(C(C)C)c1-n1c(-c2[c-]ccc3c2sc2ccccc23)nc2ccc3ccccc3c21.C[Si](C)(C)c1ccc(-c2[c-]cccc2)nc1.[Ir]. The minimum absolute atomic E-state index is 0. The van der Waals surface area contributed by atoms with E-state index in [1.54, 1.807) is 0 Å². The van der Waals surface area contributed by atoms with E-state index in [4.69, 9.17) is 4.98 Å². The number of rotatable bonds is 7. The van der Waals surface area contributed by atoms with Crippen molar-refractivity contribution in [3.63, 3.8) is 0 Å². The second kappa shape index (κ2) is 17.5. The van der Waals surface area contributed by atoms with Gasteiger partial charge in [-0.05, 0) is 84.7 Å². The predicted molar refractivity (Wildman–Crippen MR) is 261 cm³/mol. The van der Waals surface area contributed by atoms with Gasteiger partial charge in [-0.1, -0.05) is 149 Å². The van der Waals surface area contributed by atoms with E-state index in [-0.39, 0.29) is 20.1 Å². The molecule has 3 nitrogen and oxygen atoms in total. The average Bonchev–Trinajstić information content (AvgIpc) is 3.86. The van der Waals surface area contributed by atoms with E-state index >= 15 is 0 Å². The molecule has 305 valence electrons. The van der Waals surface area contributed by atoms with Crippen LogP contribution in [-0.2, 0) is 20.1 Å². The van der Waals surface area contributed by atoms with Crippen molar-refractivity contribution in [1.82, 2.24) is 14.5 Å². The van der Waals surface area contributed by atoms with Crippen LogP contribution in [0.2, 0.25) is 19.6 Å². The Hall–Kier alpha value is -5.49. The molecule has 0 atom stereocenters. The van der Waals surface area contributed by atoms with Crippen molar-refractivity contribution in [3.8, 4) is 39.5 Å². The Kier molecular flexibility index (Phi) is 12.1. The first-order valence-corrected chi connectivity index (χ1v) is 25.3. The number of pyridine rings is 1. The van der Waals surface area contributed by atoms with Gasteiger partial charge < -0.3 is 9.55 Å². The number of thiophene rings is 1. The molecular formula is C55H49IrN3SSi-2. The first-order valence-electron chi connectivity index (χ1n) is 21.0. The Morgan fingerprint density at radius 3 is 1.98 bits per heavy atom. The second-order valence-corrected chi connectivity index (χ2v) is 23.4. The van der Waals surface area contributed by atoms with Crippen molar-refractivity contribution < 1.29 is 20.1 Å². The summed E-state index contributed by atoms with van der Waals surface area (Å²) in [7, 11) is -1.23. The number of hydrogen-bond donors (Lipinski definition) is 0. The van der Waals surface area contributed by atoms with Crippen LogP contribution < -0.4 is 5.19 Å². The fourth-order valence-corrected chi connectivity index (χ4v) is 10.5. The van der Waals surface area contributed by atoms with Crippen LogP contribution >= 0.6 is 11.3 Å². The average molecular weight is 1000 g/mol. The molecule has 0 aliphatic carbocycles. The van der Waals surface area contributed by atoms with Crippen molar-refractivity contribution >= 4 is 66.6 Å². The summed E-state index contributed by atoms with van der Waals surface area (Å²) in [5.74, 6) is 1.55. The third-order valence-corrected chi connectivity index (χ3v) is 14.7. The summed E-state index contributed by atoms with van der Waals surface area (Å²) in [4.78, 5) is 9.97. The molecule has 0 saturated carbocycles. The van der Waals surface area contributed by atoms with E-state index in [2.05, 4.69) is 196 Å². The maximum atomic E-state index is 5.45. The standard InChI is InChI=1S/C41H33N2S.C14H16NSi.Ir/c1-25(2)34-23-29(27-13-6-5-7-14-27)24-35(26(3)4)38(34)43-39-30-16-9-8-15-28(30)21-22-36(39)42-41(43)33-19-12-18-32-31-17-10-11-20-37(31)44-40(32)33;1-16(2,3)13-9-10-14(15-11-13)12-7-5-4-6-8-12;/h5-18,20-26H,1-4H3;4-7,9-11H,1-3H3;/q2*-1;. The van der Waals surface area contributed by atoms with Gasteiger partial charge in [0.1, 0.15) is 0 Å². The molecule has 0 unspecified atom stereocenters. The molecule has 0 aliphatic rings. The molecule has 10 rings (SSSR count). The van der Waals surface area contributed by atoms with Gasteiger partial charge in [-0.2, -0.15) is 11.3 Å². The molecular weight excluding hydrogens is 955 g/mol. The van der Waals surface area contributed by atoms with Gasteiger partial charge in [0, 0.05) is 42.1 Å². The van der Waals surface area contributed by atoms with Crippen LogP contribution in [0.25, 0.3) is 81.4 Å². The number of imidazole rings is 1. The zero-order chi connectivity index (χ0) is 41.5. The van der Waals surface area contributed by atoms with Crippen molar-refractivity contribution in [3.05, 3.63) is 181 Å². The summed E-state index contributed by atoms with van der Waals surface area (Å²) < 4.78 is 4.99. The fraction of sp³-hybridized carbons (Fsp3) is 0.164. The molecule has 3 aromatic heterocycles. The van der Waals surface area contributed by atoms with E-state index in [0.29, 0.717) is 11.8 Å². The molecule has 1 radical (unpaired) electrons. The Labute approximate surface area is 378 Å². The zero-order valence-corrected chi connectivity index (χ0v) is 40.0. The number of nitrogens with zero attached hydrogens (tertiary/aromatic N) is 3. The Morgan fingerprint density at radius 1 is 0.623 bits per heavy atom. The summed E-state index contributed by atoms with van der Waals surface area (Å²) in [5, 5.41) is 6.37. The van der Waals surface area contributed by atoms with Crippen LogP contribution in [0, 0.1) is 12.1 Å². The van der Waals surface area contributed by atoms with E-state index < -0.39 is 8.07 Å². The third kappa shape index (κ3) is 8.18. The second-order valence-electron chi connectivity index (χ2n) is 17.3. The molecule has 10 aromatic rings. The minimum atomic E-state index is -1.23. The Balaban J connectivity index is 0.000000255. The van der Waals surface area contributed by atoms with Gasteiger partial charge in [0.15, 0.2) is 0 Å².